The number of nitrogens with two attached hydrogens (primary N) is 1. The van der Waals surface area contributed by atoms with E-state index in [4.69, 9.17) is 5.73 Å². The molecule has 2 amide bonds. The Balaban J connectivity index is 1.94. The Bertz CT molecular complexity index is 513. The summed E-state index contributed by atoms with van der Waals surface area (Å²) in [4.78, 5) is 25.9. The van der Waals surface area contributed by atoms with Crippen LogP contribution in [0.1, 0.15) is 25.5 Å². The van der Waals surface area contributed by atoms with Crippen molar-refractivity contribution in [3.05, 3.63) is 18.0 Å². The van der Waals surface area contributed by atoms with Crippen LogP contribution >= 0.6 is 0 Å². The number of carbonyl (C=O) groups excluding carboxylic acids is 2. The van der Waals surface area contributed by atoms with E-state index in [0.29, 0.717) is 32.5 Å². The van der Waals surface area contributed by atoms with Crippen LogP contribution in [0.5, 0.6) is 0 Å². The molecule has 1 aliphatic rings. The van der Waals surface area contributed by atoms with Crippen LogP contribution in [0.4, 0.5) is 0 Å². The van der Waals surface area contributed by atoms with Crippen LogP contribution < -0.4 is 11.1 Å². The number of carbonyl (C=O) groups is 2. The van der Waals surface area contributed by atoms with Crippen molar-refractivity contribution < 1.29 is 9.59 Å². The molecule has 7 heteroatoms. The molecule has 0 unspecified atom stereocenters. The van der Waals surface area contributed by atoms with Gasteiger partial charge in [0, 0.05) is 38.3 Å². The molecular formula is C14H23N5O2. The smallest absolute Gasteiger partial charge is 0.242 e. The molecule has 2 atom stereocenters. The highest BCUT2D eigenvalue weighted by atomic mass is 16.2. The first-order valence-electron chi connectivity index (χ1n) is 7.34. The van der Waals surface area contributed by atoms with Crippen LogP contribution in [-0.2, 0) is 16.1 Å². The number of nitrogens with one attached hydrogen (secondary N) is 1. The number of amides is 2. The molecular weight excluding hydrogens is 270 g/mol. The lowest BCUT2D eigenvalue weighted by molar-refractivity contribution is -0.138. The number of aryl methyl sites for hydroxylation is 2. The van der Waals surface area contributed by atoms with Crippen LogP contribution in [0, 0.1) is 6.92 Å². The Morgan fingerprint density at radius 3 is 2.90 bits per heavy atom. The van der Waals surface area contributed by atoms with E-state index in [1.165, 1.54) is 0 Å². The number of hydrogen-bond acceptors (Lipinski definition) is 4. The molecule has 0 aliphatic carbocycles. The first-order valence-corrected chi connectivity index (χ1v) is 7.34. The molecule has 2 heterocycles. The average molecular weight is 293 g/mol. The third-order valence-electron chi connectivity index (χ3n) is 3.64. The van der Waals surface area contributed by atoms with Crippen molar-refractivity contribution in [2.45, 2.75) is 45.3 Å². The standard InChI is InChI=1S/C14H23N5O2/c1-3-16-14(21)12-8-11(15)9-19(12)13(20)5-7-18-6-4-10(2)17-18/h4,6,11-12H,3,5,7-9,15H2,1-2H3,(H,16,21)/t11-,12-/m0/s1. The number of aromatic nitrogens is 2. The summed E-state index contributed by atoms with van der Waals surface area (Å²) < 4.78 is 1.74. The lowest BCUT2D eigenvalue weighted by atomic mass is 10.1. The predicted octanol–water partition coefficient (Wildman–Crippen LogP) is -0.354. The molecule has 1 aliphatic heterocycles. The fraction of sp³-hybridized carbons (Fsp3) is 0.643. The molecule has 0 aromatic carbocycles. The molecule has 0 bridgehead atoms. The molecule has 21 heavy (non-hydrogen) atoms. The van der Waals surface area contributed by atoms with Gasteiger partial charge in [-0.25, -0.2) is 0 Å². The second-order valence-corrected chi connectivity index (χ2v) is 5.42. The fourth-order valence-corrected chi connectivity index (χ4v) is 2.63. The van der Waals surface area contributed by atoms with Crippen LogP contribution in [-0.4, -0.2) is 51.7 Å². The highest BCUT2D eigenvalue weighted by molar-refractivity contribution is 5.88. The summed E-state index contributed by atoms with van der Waals surface area (Å²) >= 11 is 0. The predicted molar refractivity (Wildman–Crippen MR) is 78.4 cm³/mol. The van der Waals surface area contributed by atoms with Crippen molar-refractivity contribution in [3.63, 3.8) is 0 Å². The third-order valence-corrected chi connectivity index (χ3v) is 3.64. The van der Waals surface area contributed by atoms with Crippen molar-refractivity contribution in [2.75, 3.05) is 13.1 Å². The summed E-state index contributed by atoms with van der Waals surface area (Å²) in [5.74, 6) is -0.166. The van der Waals surface area contributed by atoms with E-state index >= 15 is 0 Å². The molecule has 0 spiro atoms. The quantitative estimate of drug-likeness (QED) is 0.775. The molecule has 0 radical (unpaired) electrons. The second-order valence-electron chi connectivity index (χ2n) is 5.42. The largest absolute Gasteiger partial charge is 0.355 e. The minimum absolute atomic E-state index is 0.0487. The van der Waals surface area contributed by atoms with E-state index in [-0.39, 0.29) is 17.9 Å². The average Bonchev–Trinajstić information content (AvgIpc) is 3.02. The van der Waals surface area contributed by atoms with Gasteiger partial charge >= 0.3 is 0 Å². The molecule has 1 saturated heterocycles. The summed E-state index contributed by atoms with van der Waals surface area (Å²) in [5, 5.41) is 7.01. The maximum atomic E-state index is 12.3. The minimum atomic E-state index is -0.438. The molecule has 1 aromatic heterocycles. The number of rotatable bonds is 5. The molecule has 2 rings (SSSR count). The SMILES string of the molecule is CCNC(=O)[C@@H]1C[C@H](N)CN1C(=O)CCn1ccc(C)n1. The molecule has 7 nitrogen and oxygen atoms in total. The normalized spacial score (nSPS) is 21.6. The van der Waals surface area contributed by atoms with E-state index in [1.807, 2.05) is 26.1 Å². The lowest BCUT2D eigenvalue weighted by Crippen LogP contribution is -2.46. The van der Waals surface area contributed by atoms with Crippen LogP contribution in [0.2, 0.25) is 0 Å². The van der Waals surface area contributed by atoms with Gasteiger partial charge in [-0.2, -0.15) is 5.10 Å². The molecule has 0 saturated carbocycles. The van der Waals surface area contributed by atoms with Gasteiger partial charge in [-0.15, -0.1) is 0 Å². The first-order chi connectivity index (χ1) is 10.0. The van der Waals surface area contributed by atoms with Crippen molar-refractivity contribution in [1.29, 1.82) is 0 Å². The van der Waals surface area contributed by atoms with Crippen LogP contribution in [0.3, 0.4) is 0 Å². The molecule has 3 N–H and O–H groups in total. The van der Waals surface area contributed by atoms with Gasteiger partial charge in [-0.05, 0) is 26.3 Å². The summed E-state index contributed by atoms with van der Waals surface area (Å²) in [7, 11) is 0. The molecule has 1 fully saturated rings. The number of hydrogen-bond donors (Lipinski definition) is 2. The zero-order valence-electron chi connectivity index (χ0n) is 12.6. The van der Waals surface area contributed by atoms with Crippen LogP contribution in [0.25, 0.3) is 0 Å². The Morgan fingerprint density at radius 2 is 2.29 bits per heavy atom. The van der Waals surface area contributed by atoms with Gasteiger partial charge in [0.2, 0.25) is 11.8 Å². The zero-order valence-corrected chi connectivity index (χ0v) is 12.6. The van der Waals surface area contributed by atoms with Gasteiger partial charge in [0.1, 0.15) is 6.04 Å². The molecule has 116 valence electrons. The number of likely N-dealkylation sites (tertiary alicyclic amines) is 1. The first kappa shape index (κ1) is 15.5. The highest BCUT2D eigenvalue weighted by Gasteiger charge is 2.37. The molecule has 1 aromatic rings. The number of likely N-dealkylation sites (N-methyl/N-ethyl adjacent to an activating group) is 1. The topological polar surface area (TPSA) is 93.3 Å². The Kier molecular flexibility index (Phi) is 4.95. The Morgan fingerprint density at radius 1 is 1.52 bits per heavy atom. The van der Waals surface area contributed by atoms with Crippen molar-refractivity contribution in [2.24, 2.45) is 5.73 Å². The maximum absolute atomic E-state index is 12.3. The van der Waals surface area contributed by atoms with Crippen molar-refractivity contribution in [3.8, 4) is 0 Å². The van der Waals surface area contributed by atoms with Gasteiger partial charge < -0.3 is 16.0 Å². The minimum Gasteiger partial charge on any atom is -0.355 e. The van der Waals surface area contributed by atoms with Gasteiger partial charge in [-0.1, -0.05) is 0 Å². The zero-order chi connectivity index (χ0) is 15.4. The van der Waals surface area contributed by atoms with Gasteiger partial charge in [-0.3, -0.25) is 14.3 Å². The van der Waals surface area contributed by atoms with Gasteiger partial charge in [0.05, 0.1) is 5.69 Å². The van der Waals surface area contributed by atoms with Crippen molar-refractivity contribution >= 4 is 11.8 Å². The van der Waals surface area contributed by atoms with Gasteiger partial charge in [0.15, 0.2) is 0 Å². The summed E-state index contributed by atoms with van der Waals surface area (Å²) in [6, 6.07) is 1.33. The fourth-order valence-electron chi connectivity index (χ4n) is 2.63. The summed E-state index contributed by atoms with van der Waals surface area (Å²) in [5.41, 5.74) is 6.83. The number of nitrogens with zero attached hydrogens (tertiary/aromatic N) is 3. The second kappa shape index (κ2) is 6.71. The van der Waals surface area contributed by atoms with E-state index < -0.39 is 6.04 Å². The van der Waals surface area contributed by atoms with E-state index in [2.05, 4.69) is 10.4 Å². The van der Waals surface area contributed by atoms with E-state index in [0.717, 1.165) is 5.69 Å². The van der Waals surface area contributed by atoms with E-state index in [1.54, 1.807) is 9.58 Å². The monoisotopic (exact) mass is 293 g/mol. The summed E-state index contributed by atoms with van der Waals surface area (Å²) in [6.07, 6.45) is 2.70. The summed E-state index contributed by atoms with van der Waals surface area (Å²) in [6.45, 7) is 5.28. The Hall–Kier alpha value is -1.89. The third kappa shape index (κ3) is 3.81. The Labute approximate surface area is 124 Å². The highest BCUT2D eigenvalue weighted by Crippen LogP contribution is 2.18. The van der Waals surface area contributed by atoms with Gasteiger partial charge in [0.25, 0.3) is 0 Å². The maximum Gasteiger partial charge on any atom is 0.242 e. The van der Waals surface area contributed by atoms with Crippen LogP contribution in [0.15, 0.2) is 12.3 Å². The lowest BCUT2D eigenvalue weighted by Gasteiger charge is -2.23. The van der Waals surface area contributed by atoms with E-state index in [9.17, 15) is 9.59 Å². The van der Waals surface area contributed by atoms with Crippen molar-refractivity contribution in [1.82, 2.24) is 20.0 Å².